The van der Waals surface area contributed by atoms with Gasteiger partial charge in [0.15, 0.2) is 6.10 Å². The topological polar surface area (TPSA) is 119 Å². The van der Waals surface area contributed by atoms with Crippen molar-refractivity contribution in [3.8, 4) is 0 Å². The molecule has 0 rings (SSSR count). The maximum absolute atomic E-state index is 12.4. The number of phosphoric ester groups is 1. The Bertz CT molecular complexity index is 802. The predicted molar refractivity (Wildman–Crippen MR) is 212 cm³/mol. The van der Waals surface area contributed by atoms with Crippen molar-refractivity contribution < 1.29 is 37.9 Å². The van der Waals surface area contributed by atoms with E-state index in [2.05, 4.69) is 18.4 Å². The minimum absolute atomic E-state index is 0.220. The molecule has 0 unspecified atom stereocenters. The van der Waals surface area contributed by atoms with Gasteiger partial charge in [-0.05, 0) is 12.8 Å². The highest BCUT2D eigenvalue weighted by atomic mass is 31.2. The zero-order valence-corrected chi connectivity index (χ0v) is 34.4. The maximum Gasteiger partial charge on any atom is 0.469 e. The summed E-state index contributed by atoms with van der Waals surface area (Å²) in [4.78, 5) is 42.8. The molecule has 0 aromatic carbocycles. The van der Waals surface area contributed by atoms with Crippen molar-refractivity contribution in [1.82, 2.24) is 0 Å². The third-order valence-corrected chi connectivity index (χ3v) is 10.4. The molecule has 0 saturated carbocycles. The summed E-state index contributed by atoms with van der Waals surface area (Å²) in [7, 11) is -4.74. The van der Waals surface area contributed by atoms with E-state index < -0.39 is 32.5 Å². The molecule has 0 saturated heterocycles. The smallest absolute Gasteiger partial charge is 0.462 e. The van der Waals surface area contributed by atoms with Gasteiger partial charge in [0.2, 0.25) is 0 Å². The summed E-state index contributed by atoms with van der Waals surface area (Å²) in [5.41, 5.74) is 0. The first kappa shape index (κ1) is 50.1. The van der Waals surface area contributed by atoms with E-state index in [1.165, 1.54) is 173 Å². The fourth-order valence-corrected chi connectivity index (χ4v) is 6.97. The molecular weight excluding hydrogens is 663 g/mol. The fraction of sp³-hybridized carbons (Fsp3) is 0.952. The van der Waals surface area contributed by atoms with Crippen LogP contribution in [0.3, 0.4) is 0 Å². The Morgan fingerprint density at radius 1 is 0.431 bits per heavy atom. The summed E-state index contributed by atoms with van der Waals surface area (Å²) >= 11 is 0. The molecule has 1 atom stereocenters. The molecule has 0 aliphatic rings. The molecule has 0 aliphatic heterocycles. The molecule has 0 aromatic heterocycles. The average molecular weight is 747 g/mol. The Kier molecular flexibility index (Phi) is 38.0. The van der Waals surface area contributed by atoms with Crippen LogP contribution in [0.1, 0.15) is 239 Å². The van der Waals surface area contributed by atoms with Crippen molar-refractivity contribution in [1.29, 1.82) is 0 Å². The molecule has 51 heavy (non-hydrogen) atoms. The number of esters is 2. The summed E-state index contributed by atoms with van der Waals surface area (Å²) in [6.07, 6.45) is 41.1. The highest BCUT2D eigenvalue weighted by molar-refractivity contribution is 7.46. The molecule has 2 N–H and O–H groups in total. The zero-order valence-electron chi connectivity index (χ0n) is 33.5. The Labute approximate surface area is 315 Å². The molecular formula is C42H83O8P. The van der Waals surface area contributed by atoms with Gasteiger partial charge in [-0.1, -0.05) is 213 Å². The summed E-state index contributed by atoms with van der Waals surface area (Å²) in [6.45, 7) is 3.72. The van der Waals surface area contributed by atoms with Crippen LogP contribution >= 0.6 is 7.82 Å². The van der Waals surface area contributed by atoms with Gasteiger partial charge in [-0.2, -0.15) is 0 Å². The summed E-state index contributed by atoms with van der Waals surface area (Å²) in [6, 6.07) is 0. The van der Waals surface area contributed by atoms with Crippen LogP contribution in [0, 0.1) is 0 Å². The molecule has 304 valence electrons. The minimum atomic E-state index is -4.74. The lowest BCUT2D eigenvalue weighted by Crippen LogP contribution is -2.29. The highest BCUT2D eigenvalue weighted by Crippen LogP contribution is 2.36. The van der Waals surface area contributed by atoms with Crippen molar-refractivity contribution in [2.24, 2.45) is 0 Å². The van der Waals surface area contributed by atoms with Crippen LogP contribution < -0.4 is 0 Å². The zero-order chi connectivity index (χ0) is 37.5. The number of hydrogen-bond donors (Lipinski definition) is 2. The maximum atomic E-state index is 12.4. The molecule has 0 heterocycles. The van der Waals surface area contributed by atoms with Gasteiger partial charge in [0.1, 0.15) is 6.61 Å². The van der Waals surface area contributed by atoms with Gasteiger partial charge in [-0.15, -0.1) is 0 Å². The van der Waals surface area contributed by atoms with Crippen molar-refractivity contribution in [3.63, 3.8) is 0 Å². The van der Waals surface area contributed by atoms with Crippen molar-refractivity contribution in [2.75, 3.05) is 13.2 Å². The molecule has 0 radical (unpaired) electrons. The van der Waals surface area contributed by atoms with Crippen molar-refractivity contribution in [3.05, 3.63) is 0 Å². The molecule has 0 fully saturated rings. The normalized spacial score (nSPS) is 12.3. The standard InChI is InChI=1S/C42H83O8P/c1-3-5-7-9-11-13-15-17-19-20-21-22-23-25-26-28-30-32-34-36-41(43)48-38-40(39-49-51(45,46)47)50-42(44)37-35-33-31-29-27-24-18-16-14-12-10-8-6-4-2/h40H,3-39H2,1-2H3,(H2,45,46,47)/t40-/m1/s1. The van der Waals surface area contributed by atoms with E-state index in [0.29, 0.717) is 6.42 Å². The van der Waals surface area contributed by atoms with Gasteiger partial charge >= 0.3 is 19.8 Å². The largest absolute Gasteiger partial charge is 0.469 e. The monoisotopic (exact) mass is 747 g/mol. The van der Waals surface area contributed by atoms with Crippen LogP contribution in [0.2, 0.25) is 0 Å². The SMILES string of the molecule is CCCCCCCCCCCCCCCCCCCCCC(=O)OC[C@H](COP(=O)(O)O)OC(=O)CCCCCCCCCCCCCCCC. The minimum Gasteiger partial charge on any atom is -0.462 e. The molecule has 0 bridgehead atoms. The van der Waals surface area contributed by atoms with Gasteiger partial charge in [-0.25, -0.2) is 4.57 Å². The molecule has 0 amide bonds. The van der Waals surface area contributed by atoms with Gasteiger partial charge in [-0.3, -0.25) is 14.1 Å². The number of carbonyl (C=O) groups is 2. The summed E-state index contributed by atoms with van der Waals surface area (Å²) in [5, 5.41) is 0. The quantitative estimate of drug-likeness (QED) is 0.0360. The molecule has 0 aromatic rings. The van der Waals surface area contributed by atoms with E-state index in [1.807, 2.05) is 0 Å². The number of rotatable bonds is 41. The van der Waals surface area contributed by atoms with Crippen LogP contribution in [0.4, 0.5) is 0 Å². The Hall–Kier alpha value is -0.950. The number of unbranched alkanes of at least 4 members (excludes halogenated alkanes) is 31. The number of phosphoric acid groups is 1. The van der Waals surface area contributed by atoms with E-state index in [1.54, 1.807) is 0 Å². The average Bonchev–Trinajstić information content (AvgIpc) is 3.10. The summed E-state index contributed by atoms with van der Waals surface area (Å²) in [5.74, 6) is -0.866. The Balaban J connectivity index is 3.82. The lowest BCUT2D eigenvalue weighted by Gasteiger charge is -2.18. The highest BCUT2D eigenvalue weighted by Gasteiger charge is 2.23. The van der Waals surface area contributed by atoms with Crippen LogP contribution in [-0.4, -0.2) is 41.0 Å². The first-order valence-electron chi connectivity index (χ1n) is 21.8. The molecule has 0 spiro atoms. The molecule has 9 heteroatoms. The molecule has 0 aliphatic carbocycles. The van der Waals surface area contributed by atoms with Crippen LogP contribution in [-0.2, 0) is 28.2 Å². The van der Waals surface area contributed by atoms with Gasteiger partial charge in [0.25, 0.3) is 0 Å². The van der Waals surface area contributed by atoms with Crippen LogP contribution in [0.5, 0.6) is 0 Å². The lowest BCUT2D eigenvalue weighted by atomic mass is 10.0. The number of carbonyl (C=O) groups excluding carboxylic acids is 2. The van der Waals surface area contributed by atoms with E-state index in [0.717, 1.165) is 32.1 Å². The Morgan fingerprint density at radius 3 is 1.00 bits per heavy atom. The van der Waals surface area contributed by atoms with Gasteiger partial charge < -0.3 is 19.3 Å². The van der Waals surface area contributed by atoms with E-state index in [9.17, 15) is 14.2 Å². The van der Waals surface area contributed by atoms with E-state index >= 15 is 0 Å². The third kappa shape index (κ3) is 41.7. The first-order chi connectivity index (χ1) is 24.8. The van der Waals surface area contributed by atoms with Gasteiger partial charge in [0.05, 0.1) is 6.61 Å². The van der Waals surface area contributed by atoms with E-state index in [4.69, 9.17) is 19.3 Å². The molecule has 8 nitrogen and oxygen atoms in total. The lowest BCUT2D eigenvalue weighted by molar-refractivity contribution is -0.161. The second-order valence-corrected chi connectivity index (χ2v) is 16.3. The number of ether oxygens (including phenoxy) is 2. The second-order valence-electron chi connectivity index (χ2n) is 15.0. The predicted octanol–water partition coefficient (Wildman–Crippen LogP) is 13.2. The van der Waals surface area contributed by atoms with E-state index in [-0.39, 0.29) is 19.4 Å². The van der Waals surface area contributed by atoms with Crippen LogP contribution in [0.15, 0.2) is 0 Å². The van der Waals surface area contributed by atoms with Crippen molar-refractivity contribution >= 4 is 19.8 Å². The Morgan fingerprint density at radius 2 is 0.706 bits per heavy atom. The first-order valence-corrected chi connectivity index (χ1v) is 23.4. The summed E-state index contributed by atoms with van der Waals surface area (Å²) < 4.78 is 26.4. The van der Waals surface area contributed by atoms with Crippen molar-refractivity contribution in [2.45, 2.75) is 245 Å². The second kappa shape index (κ2) is 38.8. The number of hydrogen-bond acceptors (Lipinski definition) is 6. The fourth-order valence-electron chi connectivity index (χ4n) is 6.61. The third-order valence-electron chi connectivity index (χ3n) is 9.88. The van der Waals surface area contributed by atoms with Gasteiger partial charge in [0, 0.05) is 12.8 Å². The van der Waals surface area contributed by atoms with Crippen LogP contribution in [0.25, 0.3) is 0 Å².